The molecule has 0 saturated carbocycles. The first-order valence-corrected chi connectivity index (χ1v) is 11.1. The van der Waals surface area contributed by atoms with E-state index in [-0.39, 0.29) is 12.5 Å². The molecule has 7 nitrogen and oxygen atoms in total. The third-order valence-corrected chi connectivity index (χ3v) is 6.22. The van der Waals surface area contributed by atoms with E-state index in [4.69, 9.17) is 14.2 Å². The third-order valence-electron chi connectivity index (χ3n) is 4.38. The van der Waals surface area contributed by atoms with Gasteiger partial charge in [-0.2, -0.15) is 0 Å². The van der Waals surface area contributed by atoms with Crippen LogP contribution in [0.15, 0.2) is 35.8 Å². The summed E-state index contributed by atoms with van der Waals surface area (Å²) < 4.78 is 18.6. The van der Waals surface area contributed by atoms with Crippen LogP contribution in [-0.4, -0.2) is 42.8 Å². The minimum absolute atomic E-state index is 0.0750. The average molecular weight is 444 g/mol. The lowest BCUT2D eigenvalue weighted by molar-refractivity contribution is -0.123. The van der Waals surface area contributed by atoms with Crippen LogP contribution in [0, 0.1) is 6.92 Å². The van der Waals surface area contributed by atoms with Crippen LogP contribution in [0.2, 0.25) is 0 Å². The lowest BCUT2D eigenvalue weighted by Gasteiger charge is -2.11. The standard InChI is InChI=1S/C21H21N3O4S2/c1-13-24-19-17(30-13)10-16(15-5-9-29-20(15)19)28-12-18(25)23-11-14-4-3-6-22-21(14)27-8-7-26-2/h3-6,9-10H,7-8,11-12H2,1-2H3,(H,23,25). The van der Waals surface area contributed by atoms with Crippen molar-refractivity contribution >= 4 is 48.9 Å². The van der Waals surface area contributed by atoms with Gasteiger partial charge in [0.25, 0.3) is 5.91 Å². The Hall–Kier alpha value is -2.75. The maximum absolute atomic E-state index is 12.4. The SMILES string of the molecule is COCCOc1ncccc1CNC(=O)COc1cc2sc(C)nc2c2sccc12. The number of hydrogen-bond donors (Lipinski definition) is 1. The van der Waals surface area contributed by atoms with Crippen LogP contribution < -0.4 is 14.8 Å². The molecule has 0 aliphatic heterocycles. The highest BCUT2D eigenvalue weighted by molar-refractivity contribution is 7.21. The number of carbonyl (C=O) groups excluding carboxylic acids is 1. The van der Waals surface area contributed by atoms with Crippen molar-refractivity contribution in [2.24, 2.45) is 0 Å². The molecule has 3 aromatic heterocycles. The Morgan fingerprint density at radius 2 is 2.13 bits per heavy atom. The van der Waals surface area contributed by atoms with Gasteiger partial charge in [0, 0.05) is 36.9 Å². The molecular formula is C21H21N3O4S2. The molecule has 1 aromatic carbocycles. The van der Waals surface area contributed by atoms with Crippen molar-refractivity contribution in [3.63, 3.8) is 0 Å². The maximum Gasteiger partial charge on any atom is 0.258 e. The second-order valence-corrected chi connectivity index (χ2v) is 8.64. The summed E-state index contributed by atoms with van der Waals surface area (Å²) in [6, 6.07) is 7.64. The first-order valence-electron chi connectivity index (χ1n) is 9.38. The van der Waals surface area contributed by atoms with E-state index in [1.54, 1.807) is 42.0 Å². The number of thiazole rings is 1. The molecule has 0 spiro atoms. The van der Waals surface area contributed by atoms with Gasteiger partial charge >= 0.3 is 0 Å². The van der Waals surface area contributed by atoms with E-state index in [2.05, 4.69) is 15.3 Å². The lowest BCUT2D eigenvalue weighted by Crippen LogP contribution is -2.28. The number of rotatable bonds is 9. The fourth-order valence-electron chi connectivity index (χ4n) is 3.00. The maximum atomic E-state index is 12.4. The molecule has 9 heteroatoms. The van der Waals surface area contributed by atoms with Crippen molar-refractivity contribution in [2.75, 3.05) is 26.9 Å². The summed E-state index contributed by atoms with van der Waals surface area (Å²) in [6.07, 6.45) is 1.65. The summed E-state index contributed by atoms with van der Waals surface area (Å²) in [6.45, 7) is 3.09. The molecule has 4 rings (SSSR count). The fraction of sp³-hybridized carbons (Fsp3) is 0.286. The average Bonchev–Trinajstić information content (AvgIpc) is 3.37. The van der Waals surface area contributed by atoms with E-state index >= 15 is 0 Å². The van der Waals surface area contributed by atoms with Crippen LogP contribution in [0.5, 0.6) is 11.6 Å². The first kappa shape index (κ1) is 20.5. The zero-order valence-corrected chi connectivity index (χ0v) is 18.3. The van der Waals surface area contributed by atoms with Crippen LogP contribution in [0.4, 0.5) is 0 Å². The summed E-state index contributed by atoms with van der Waals surface area (Å²) in [5, 5.41) is 6.86. The number of fused-ring (bicyclic) bond motifs is 3. The summed E-state index contributed by atoms with van der Waals surface area (Å²) in [5.74, 6) is 0.968. The number of benzene rings is 1. The number of thiophene rings is 1. The number of hydrogen-bond acceptors (Lipinski definition) is 8. The number of aryl methyl sites for hydroxylation is 1. The molecule has 0 aliphatic rings. The number of methoxy groups -OCH3 is 1. The van der Waals surface area contributed by atoms with Crippen molar-refractivity contribution in [3.05, 3.63) is 46.4 Å². The molecule has 0 radical (unpaired) electrons. The molecule has 0 unspecified atom stereocenters. The molecule has 0 saturated heterocycles. The predicted octanol–water partition coefficient (Wildman–Crippen LogP) is 3.93. The minimum Gasteiger partial charge on any atom is -0.483 e. The van der Waals surface area contributed by atoms with E-state index in [1.807, 2.05) is 30.5 Å². The van der Waals surface area contributed by atoms with E-state index in [0.29, 0.717) is 31.4 Å². The van der Waals surface area contributed by atoms with E-state index in [9.17, 15) is 4.79 Å². The van der Waals surface area contributed by atoms with Gasteiger partial charge in [0.15, 0.2) is 6.61 Å². The van der Waals surface area contributed by atoms with Gasteiger partial charge in [0.05, 0.1) is 26.5 Å². The van der Waals surface area contributed by atoms with Crippen LogP contribution in [0.1, 0.15) is 10.6 Å². The Morgan fingerprint density at radius 1 is 1.23 bits per heavy atom. The van der Waals surface area contributed by atoms with Crippen LogP contribution in [0.25, 0.3) is 20.3 Å². The second-order valence-electron chi connectivity index (χ2n) is 6.49. The molecule has 0 aliphatic carbocycles. The zero-order valence-electron chi connectivity index (χ0n) is 16.6. The quantitative estimate of drug-likeness (QED) is 0.395. The van der Waals surface area contributed by atoms with Crippen molar-refractivity contribution in [1.82, 2.24) is 15.3 Å². The van der Waals surface area contributed by atoms with Crippen molar-refractivity contribution < 1.29 is 19.0 Å². The van der Waals surface area contributed by atoms with Gasteiger partial charge in [0.2, 0.25) is 5.88 Å². The fourth-order valence-corrected chi connectivity index (χ4v) is 4.84. The zero-order chi connectivity index (χ0) is 20.9. The topological polar surface area (TPSA) is 82.6 Å². The molecule has 3 heterocycles. The Labute approximate surface area is 181 Å². The Morgan fingerprint density at radius 3 is 3.00 bits per heavy atom. The monoisotopic (exact) mass is 443 g/mol. The minimum atomic E-state index is -0.217. The number of aromatic nitrogens is 2. The summed E-state index contributed by atoms with van der Waals surface area (Å²) in [7, 11) is 1.61. The molecule has 1 N–H and O–H groups in total. The smallest absolute Gasteiger partial charge is 0.258 e. The molecular weight excluding hydrogens is 422 g/mol. The van der Waals surface area contributed by atoms with Crippen molar-refractivity contribution in [1.29, 1.82) is 0 Å². The number of ether oxygens (including phenoxy) is 3. The Balaban J connectivity index is 1.39. The molecule has 0 fully saturated rings. The molecule has 4 aromatic rings. The van der Waals surface area contributed by atoms with E-state index in [1.165, 1.54) is 0 Å². The number of nitrogens with one attached hydrogen (secondary N) is 1. The highest BCUT2D eigenvalue weighted by atomic mass is 32.1. The van der Waals surface area contributed by atoms with E-state index in [0.717, 1.165) is 30.9 Å². The van der Waals surface area contributed by atoms with Gasteiger partial charge < -0.3 is 19.5 Å². The molecule has 0 bridgehead atoms. The van der Waals surface area contributed by atoms with Gasteiger partial charge in [0.1, 0.15) is 12.4 Å². The molecule has 1 amide bonds. The van der Waals surface area contributed by atoms with Crippen LogP contribution >= 0.6 is 22.7 Å². The Kier molecular flexibility index (Phi) is 6.41. The highest BCUT2D eigenvalue weighted by Crippen LogP contribution is 2.38. The highest BCUT2D eigenvalue weighted by Gasteiger charge is 2.14. The summed E-state index contributed by atoms with van der Waals surface area (Å²) >= 11 is 3.25. The van der Waals surface area contributed by atoms with Gasteiger partial charge in [-0.25, -0.2) is 9.97 Å². The number of carbonyl (C=O) groups is 1. The molecule has 156 valence electrons. The number of amides is 1. The summed E-state index contributed by atoms with van der Waals surface area (Å²) in [4.78, 5) is 21.2. The largest absolute Gasteiger partial charge is 0.483 e. The van der Waals surface area contributed by atoms with E-state index < -0.39 is 0 Å². The van der Waals surface area contributed by atoms with Gasteiger partial charge in [-0.05, 0) is 24.4 Å². The number of nitrogens with zero attached hydrogens (tertiary/aromatic N) is 2. The lowest BCUT2D eigenvalue weighted by atomic mass is 10.2. The van der Waals surface area contributed by atoms with Gasteiger partial charge in [-0.3, -0.25) is 4.79 Å². The van der Waals surface area contributed by atoms with Crippen LogP contribution in [-0.2, 0) is 16.1 Å². The van der Waals surface area contributed by atoms with Crippen molar-refractivity contribution in [3.8, 4) is 11.6 Å². The first-order chi connectivity index (χ1) is 14.7. The Bertz CT molecular complexity index is 1170. The number of pyridine rings is 1. The van der Waals surface area contributed by atoms with Gasteiger partial charge in [-0.15, -0.1) is 22.7 Å². The predicted molar refractivity (Wildman–Crippen MR) is 119 cm³/mol. The van der Waals surface area contributed by atoms with Crippen LogP contribution in [0.3, 0.4) is 0 Å². The molecule has 30 heavy (non-hydrogen) atoms. The third kappa shape index (κ3) is 4.53. The van der Waals surface area contributed by atoms with Crippen molar-refractivity contribution in [2.45, 2.75) is 13.5 Å². The summed E-state index contributed by atoms with van der Waals surface area (Å²) in [5.41, 5.74) is 1.79. The normalized spacial score (nSPS) is 11.1. The molecule has 0 atom stereocenters. The second kappa shape index (κ2) is 9.38. The van der Waals surface area contributed by atoms with Gasteiger partial charge in [-0.1, -0.05) is 6.07 Å².